The van der Waals surface area contributed by atoms with Crippen LogP contribution in [0.4, 0.5) is 0 Å². The average molecular weight is 315 g/mol. The standard InChI is InChI=1S/C17H31ClN2O/c1-16(2,13-18)15(21)19-14-17(9-5-3-6-10-17)20-11-7-4-8-12-20/h3-14H2,1-2H3,(H,19,21). The van der Waals surface area contributed by atoms with Gasteiger partial charge in [-0.3, -0.25) is 9.69 Å². The van der Waals surface area contributed by atoms with Crippen LogP contribution in [-0.2, 0) is 4.79 Å². The molecule has 0 atom stereocenters. The highest BCUT2D eigenvalue weighted by Crippen LogP contribution is 2.35. The van der Waals surface area contributed by atoms with Crippen molar-refractivity contribution >= 4 is 17.5 Å². The number of halogens is 1. The minimum Gasteiger partial charge on any atom is -0.354 e. The van der Waals surface area contributed by atoms with Gasteiger partial charge >= 0.3 is 0 Å². The van der Waals surface area contributed by atoms with E-state index in [1.165, 1.54) is 64.5 Å². The second-order valence-electron chi connectivity index (χ2n) is 7.53. The van der Waals surface area contributed by atoms with Crippen LogP contribution in [0.5, 0.6) is 0 Å². The smallest absolute Gasteiger partial charge is 0.226 e. The Balaban J connectivity index is 2.01. The van der Waals surface area contributed by atoms with E-state index < -0.39 is 5.41 Å². The predicted octanol–water partition coefficient (Wildman–Crippen LogP) is 3.56. The van der Waals surface area contributed by atoms with E-state index in [0.717, 1.165) is 6.54 Å². The molecular weight excluding hydrogens is 284 g/mol. The van der Waals surface area contributed by atoms with Gasteiger partial charge < -0.3 is 5.32 Å². The van der Waals surface area contributed by atoms with E-state index in [0.29, 0.717) is 5.88 Å². The molecule has 4 heteroatoms. The fourth-order valence-corrected chi connectivity index (χ4v) is 3.85. The molecule has 2 rings (SSSR count). The van der Waals surface area contributed by atoms with Gasteiger partial charge in [0.15, 0.2) is 0 Å². The van der Waals surface area contributed by atoms with Gasteiger partial charge in [-0.1, -0.05) is 25.7 Å². The zero-order valence-electron chi connectivity index (χ0n) is 13.7. The van der Waals surface area contributed by atoms with Crippen molar-refractivity contribution in [3.8, 4) is 0 Å². The van der Waals surface area contributed by atoms with Crippen LogP contribution in [0, 0.1) is 5.41 Å². The van der Waals surface area contributed by atoms with Crippen LogP contribution in [0.2, 0.25) is 0 Å². The summed E-state index contributed by atoms with van der Waals surface area (Å²) in [5.74, 6) is 0.467. The van der Waals surface area contributed by atoms with Crippen molar-refractivity contribution in [2.24, 2.45) is 5.41 Å². The molecule has 1 aliphatic carbocycles. The third-order valence-corrected chi connectivity index (χ3v) is 6.01. The molecule has 0 spiro atoms. The number of piperidine rings is 1. The molecule has 0 aromatic carbocycles. The monoisotopic (exact) mass is 314 g/mol. The van der Waals surface area contributed by atoms with Gasteiger partial charge in [-0.25, -0.2) is 0 Å². The Labute approximate surface area is 134 Å². The Morgan fingerprint density at radius 3 is 2.24 bits per heavy atom. The Hall–Kier alpha value is -0.280. The summed E-state index contributed by atoms with van der Waals surface area (Å²) in [5, 5.41) is 3.22. The molecule has 3 nitrogen and oxygen atoms in total. The van der Waals surface area contributed by atoms with Crippen molar-refractivity contribution in [2.45, 2.75) is 70.8 Å². The Kier molecular flexibility index (Phi) is 5.96. The van der Waals surface area contributed by atoms with Crippen molar-refractivity contribution in [1.29, 1.82) is 0 Å². The highest BCUT2D eigenvalue weighted by Gasteiger charge is 2.39. The first-order valence-electron chi connectivity index (χ1n) is 8.60. The van der Waals surface area contributed by atoms with Gasteiger partial charge in [0.2, 0.25) is 5.91 Å². The Bertz CT molecular complexity index is 345. The lowest BCUT2D eigenvalue weighted by molar-refractivity contribution is -0.129. The van der Waals surface area contributed by atoms with Crippen molar-refractivity contribution in [1.82, 2.24) is 10.2 Å². The molecule has 1 amide bonds. The maximum atomic E-state index is 12.3. The number of carbonyl (C=O) groups is 1. The van der Waals surface area contributed by atoms with Crippen LogP contribution in [-0.4, -0.2) is 41.9 Å². The van der Waals surface area contributed by atoms with Gasteiger partial charge in [0.25, 0.3) is 0 Å². The molecule has 21 heavy (non-hydrogen) atoms. The second kappa shape index (κ2) is 7.32. The molecule has 1 aliphatic heterocycles. The van der Waals surface area contributed by atoms with Gasteiger partial charge in [0, 0.05) is 18.0 Å². The molecule has 122 valence electrons. The van der Waals surface area contributed by atoms with Gasteiger partial charge in [0.1, 0.15) is 0 Å². The number of nitrogens with zero attached hydrogens (tertiary/aromatic N) is 1. The summed E-state index contributed by atoms with van der Waals surface area (Å²) in [5.41, 5.74) is -0.268. The number of hydrogen-bond acceptors (Lipinski definition) is 2. The summed E-state index contributed by atoms with van der Waals surface area (Å²) < 4.78 is 0. The Morgan fingerprint density at radius 1 is 1.10 bits per heavy atom. The third kappa shape index (κ3) is 4.13. The molecule has 0 unspecified atom stereocenters. The molecule has 0 aromatic rings. The average Bonchev–Trinajstić information content (AvgIpc) is 2.54. The zero-order valence-corrected chi connectivity index (χ0v) is 14.5. The first kappa shape index (κ1) is 17.1. The lowest BCUT2D eigenvalue weighted by atomic mass is 9.79. The summed E-state index contributed by atoms with van der Waals surface area (Å²) >= 11 is 5.92. The fourth-order valence-electron chi connectivity index (χ4n) is 3.73. The van der Waals surface area contributed by atoms with Crippen molar-refractivity contribution in [2.75, 3.05) is 25.5 Å². The van der Waals surface area contributed by atoms with Crippen LogP contribution in [0.3, 0.4) is 0 Å². The number of rotatable bonds is 5. The first-order chi connectivity index (χ1) is 10.0. The van der Waals surface area contributed by atoms with E-state index in [4.69, 9.17) is 11.6 Å². The van der Waals surface area contributed by atoms with Gasteiger partial charge in [-0.2, -0.15) is 0 Å². The second-order valence-corrected chi connectivity index (χ2v) is 7.80. The van der Waals surface area contributed by atoms with E-state index in [9.17, 15) is 4.79 Å². The third-order valence-electron chi connectivity index (χ3n) is 5.34. The lowest BCUT2D eigenvalue weighted by Crippen LogP contribution is -2.59. The van der Waals surface area contributed by atoms with E-state index in [-0.39, 0.29) is 11.4 Å². The van der Waals surface area contributed by atoms with E-state index in [2.05, 4.69) is 10.2 Å². The molecule has 1 saturated carbocycles. The maximum absolute atomic E-state index is 12.3. The fraction of sp³-hybridized carbons (Fsp3) is 0.941. The summed E-state index contributed by atoms with van der Waals surface area (Å²) in [6, 6.07) is 0. The maximum Gasteiger partial charge on any atom is 0.226 e. The highest BCUT2D eigenvalue weighted by molar-refractivity contribution is 6.19. The SMILES string of the molecule is CC(C)(CCl)C(=O)NCC1(N2CCCCC2)CCCCC1. The van der Waals surface area contributed by atoms with Gasteiger partial charge in [0.05, 0.1) is 5.41 Å². The molecule has 2 aliphatic rings. The molecule has 0 radical (unpaired) electrons. The van der Waals surface area contributed by atoms with Gasteiger partial charge in [-0.15, -0.1) is 11.6 Å². The Morgan fingerprint density at radius 2 is 1.67 bits per heavy atom. The largest absolute Gasteiger partial charge is 0.354 e. The van der Waals surface area contributed by atoms with Crippen LogP contribution >= 0.6 is 11.6 Å². The molecule has 1 saturated heterocycles. The molecule has 0 bridgehead atoms. The van der Waals surface area contributed by atoms with E-state index in [1.807, 2.05) is 13.8 Å². The number of carbonyl (C=O) groups excluding carboxylic acids is 1. The minimum atomic E-state index is -0.473. The summed E-state index contributed by atoms with van der Waals surface area (Å²) in [6.45, 7) is 7.04. The zero-order chi connectivity index (χ0) is 15.3. The number of alkyl halides is 1. The number of nitrogens with one attached hydrogen (secondary N) is 1. The highest BCUT2D eigenvalue weighted by atomic mass is 35.5. The van der Waals surface area contributed by atoms with E-state index >= 15 is 0 Å². The molecule has 1 N–H and O–H groups in total. The van der Waals surface area contributed by atoms with Crippen LogP contribution in [0.1, 0.15) is 65.2 Å². The number of hydrogen-bond donors (Lipinski definition) is 1. The van der Waals surface area contributed by atoms with Crippen LogP contribution in [0.25, 0.3) is 0 Å². The van der Waals surface area contributed by atoms with Crippen molar-refractivity contribution in [3.63, 3.8) is 0 Å². The van der Waals surface area contributed by atoms with Crippen molar-refractivity contribution < 1.29 is 4.79 Å². The normalized spacial score (nSPS) is 23.8. The van der Waals surface area contributed by atoms with Gasteiger partial charge in [-0.05, 0) is 52.6 Å². The summed E-state index contributed by atoms with van der Waals surface area (Å²) in [7, 11) is 0. The molecule has 2 fully saturated rings. The summed E-state index contributed by atoms with van der Waals surface area (Å²) in [4.78, 5) is 15.0. The molecular formula is C17H31ClN2O. The first-order valence-corrected chi connectivity index (χ1v) is 9.13. The van der Waals surface area contributed by atoms with E-state index in [1.54, 1.807) is 0 Å². The quantitative estimate of drug-likeness (QED) is 0.787. The van der Waals surface area contributed by atoms with Crippen molar-refractivity contribution in [3.05, 3.63) is 0 Å². The molecule has 1 heterocycles. The van der Waals surface area contributed by atoms with Crippen LogP contribution in [0.15, 0.2) is 0 Å². The van der Waals surface area contributed by atoms with Crippen LogP contribution < -0.4 is 5.32 Å². The lowest BCUT2D eigenvalue weighted by Gasteiger charge is -2.48. The summed E-state index contributed by atoms with van der Waals surface area (Å²) in [6.07, 6.45) is 10.4. The number of likely N-dealkylation sites (tertiary alicyclic amines) is 1. The number of amides is 1. The minimum absolute atomic E-state index is 0.0967. The molecule has 0 aromatic heterocycles. The topological polar surface area (TPSA) is 32.3 Å². The predicted molar refractivity (Wildman–Crippen MR) is 88.8 cm³/mol.